The molecule has 1 aromatic rings. The van der Waals surface area contributed by atoms with Crippen molar-refractivity contribution in [2.75, 3.05) is 6.54 Å². The van der Waals surface area contributed by atoms with E-state index in [1.54, 1.807) is 11.3 Å². The molecular formula is C19H26N2O3S. The van der Waals surface area contributed by atoms with Crippen LogP contribution in [0, 0.1) is 5.92 Å². The molecule has 1 N–H and O–H groups in total. The second-order valence-corrected chi connectivity index (χ2v) is 8.75. The Bertz CT molecular complexity index is 640. The van der Waals surface area contributed by atoms with E-state index >= 15 is 0 Å². The van der Waals surface area contributed by atoms with Gasteiger partial charge in [-0.25, -0.2) is 4.98 Å². The minimum atomic E-state index is -0.528. The van der Waals surface area contributed by atoms with E-state index in [0.717, 1.165) is 50.0 Å². The lowest BCUT2D eigenvalue weighted by Crippen LogP contribution is -2.46. The fourth-order valence-electron chi connectivity index (χ4n) is 4.55. The molecule has 2 fully saturated rings. The highest BCUT2D eigenvalue weighted by atomic mass is 32.1. The Kier molecular flexibility index (Phi) is 4.80. The van der Waals surface area contributed by atoms with Crippen molar-refractivity contribution in [1.29, 1.82) is 0 Å². The number of thiazole rings is 1. The molecule has 1 aromatic heterocycles. The van der Waals surface area contributed by atoms with Gasteiger partial charge in [0.05, 0.1) is 23.0 Å². The summed E-state index contributed by atoms with van der Waals surface area (Å²) in [6.45, 7) is 0.589. The van der Waals surface area contributed by atoms with Gasteiger partial charge >= 0.3 is 5.97 Å². The van der Waals surface area contributed by atoms with E-state index in [-0.39, 0.29) is 24.2 Å². The molecule has 1 spiro atoms. The van der Waals surface area contributed by atoms with E-state index < -0.39 is 5.60 Å². The Hall–Kier alpha value is -1.43. The maximum Gasteiger partial charge on any atom is 0.307 e. The lowest BCUT2D eigenvalue weighted by Gasteiger charge is -2.36. The molecule has 1 aliphatic heterocycles. The van der Waals surface area contributed by atoms with Gasteiger partial charge in [0.15, 0.2) is 0 Å². The number of carbonyl (C=O) groups excluding carboxylic acids is 2. The van der Waals surface area contributed by atoms with Crippen molar-refractivity contribution >= 4 is 23.2 Å². The van der Waals surface area contributed by atoms with Gasteiger partial charge in [0.2, 0.25) is 5.91 Å². The molecule has 6 heteroatoms. The van der Waals surface area contributed by atoms with Gasteiger partial charge in [0, 0.05) is 17.8 Å². The maximum atomic E-state index is 12.7. The van der Waals surface area contributed by atoms with Crippen LogP contribution < -0.4 is 5.32 Å². The summed E-state index contributed by atoms with van der Waals surface area (Å²) in [6.07, 6.45) is 10.7. The van der Waals surface area contributed by atoms with Crippen LogP contribution in [0.4, 0.5) is 0 Å². The largest absolute Gasteiger partial charge is 0.458 e. The number of fused-ring (bicyclic) bond motifs is 1. The van der Waals surface area contributed by atoms with Crippen LogP contribution >= 0.6 is 11.3 Å². The van der Waals surface area contributed by atoms with Gasteiger partial charge in [-0.2, -0.15) is 0 Å². The molecular weight excluding hydrogens is 336 g/mol. The molecule has 136 valence electrons. The first-order valence-electron chi connectivity index (χ1n) is 9.63. The van der Waals surface area contributed by atoms with E-state index in [9.17, 15) is 9.59 Å². The van der Waals surface area contributed by atoms with Gasteiger partial charge in [-0.3, -0.25) is 9.59 Å². The number of nitrogens with one attached hydrogen (secondary N) is 1. The molecule has 0 bridgehead atoms. The lowest BCUT2D eigenvalue weighted by atomic mass is 9.75. The third kappa shape index (κ3) is 3.46. The Labute approximate surface area is 152 Å². The van der Waals surface area contributed by atoms with Crippen LogP contribution in [0.1, 0.15) is 66.9 Å². The van der Waals surface area contributed by atoms with Gasteiger partial charge in [0.1, 0.15) is 5.60 Å². The molecule has 1 saturated carbocycles. The summed E-state index contributed by atoms with van der Waals surface area (Å²) >= 11 is 1.80. The first-order chi connectivity index (χ1) is 12.2. The van der Waals surface area contributed by atoms with Crippen molar-refractivity contribution in [3.63, 3.8) is 0 Å². The number of hydrogen-bond donors (Lipinski definition) is 1. The maximum absolute atomic E-state index is 12.7. The van der Waals surface area contributed by atoms with Gasteiger partial charge in [-0.1, -0.05) is 6.42 Å². The molecule has 1 unspecified atom stereocenters. The Balaban J connectivity index is 1.33. The van der Waals surface area contributed by atoms with Gasteiger partial charge < -0.3 is 10.1 Å². The summed E-state index contributed by atoms with van der Waals surface area (Å²) in [6, 6.07) is 0. The van der Waals surface area contributed by atoms with Gasteiger partial charge in [0.25, 0.3) is 0 Å². The SMILES string of the molecule is O=C1CC(C(=O)NCCc2nc3c(s2)CCCC3)C2(CCCCC2)O1. The van der Waals surface area contributed by atoms with Crippen molar-refractivity contribution in [3.8, 4) is 0 Å². The summed E-state index contributed by atoms with van der Waals surface area (Å²) in [7, 11) is 0. The highest BCUT2D eigenvalue weighted by Gasteiger charge is 2.52. The highest BCUT2D eigenvalue weighted by Crippen LogP contribution is 2.44. The number of carbonyl (C=O) groups is 2. The second kappa shape index (κ2) is 7.06. The highest BCUT2D eigenvalue weighted by molar-refractivity contribution is 7.11. The molecule has 1 atom stereocenters. The molecule has 25 heavy (non-hydrogen) atoms. The summed E-state index contributed by atoms with van der Waals surface area (Å²) < 4.78 is 5.63. The fraction of sp³-hybridized carbons (Fsp3) is 0.737. The van der Waals surface area contributed by atoms with Gasteiger partial charge in [-0.15, -0.1) is 11.3 Å². The Morgan fingerprint density at radius 3 is 2.80 bits per heavy atom. The number of amides is 1. The zero-order valence-corrected chi connectivity index (χ0v) is 15.5. The number of aryl methyl sites for hydroxylation is 2. The smallest absolute Gasteiger partial charge is 0.307 e. The monoisotopic (exact) mass is 362 g/mol. The second-order valence-electron chi connectivity index (χ2n) is 7.58. The summed E-state index contributed by atoms with van der Waals surface area (Å²) in [5.74, 6) is -0.548. The number of hydrogen-bond acceptors (Lipinski definition) is 5. The summed E-state index contributed by atoms with van der Waals surface area (Å²) in [5.41, 5.74) is 0.744. The predicted molar refractivity (Wildman–Crippen MR) is 95.5 cm³/mol. The molecule has 3 aliphatic rings. The third-order valence-corrected chi connectivity index (χ3v) is 7.08. The topological polar surface area (TPSA) is 68.3 Å². The first-order valence-corrected chi connectivity index (χ1v) is 10.4. The first kappa shape index (κ1) is 17.0. The van der Waals surface area contributed by atoms with Gasteiger partial charge in [-0.05, 0) is 51.4 Å². The van der Waals surface area contributed by atoms with Crippen molar-refractivity contribution in [2.45, 2.75) is 76.2 Å². The van der Waals surface area contributed by atoms with Crippen molar-refractivity contribution < 1.29 is 14.3 Å². The van der Waals surface area contributed by atoms with Crippen molar-refractivity contribution in [2.24, 2.45) is 5.92 Å². The average Bonchev–Trinajstić information content (AvgIpc) is 3.16. The molecule has 0 radical (unpaired) electrons. The van der Waals surface area contributed by atoms with E-state index in [1.807, 2.05) is 0 Å². The van der Waals surface area contributed by atoms with Crippen LogP contribution in [0.15, 0.2) is 0 Å². The fourth-order valence-corrected chi connectivity index (χ4v) is 5.71. The molecule has 2 heterocycles. The Morgan fingerprint density at radius 2 is 2.00 bits per heavy atom. The van der Waals surface area contributed by atoms with Crippen LogP contribution in [0.2, 0.25) is 0 Å². The predicted octanol–water partition coefficient (Wildman–Crippen LogP) is 2.95. The van der Waals surface area contributed by atoms with E-state index in [2.05, 4.69) is 5.32 Å². The number of ether oxygens (including phenoxy) is 1. The zero-order valence-electron chi connectivity index (χ0n) is 14.6. The van der Waals surface area contributed by atoms with E-state index in [0.29, 0.717) is 6.54 Å². The summed E-state index contributed by atoms with van der Waals surface area (Å²) in [5, 5.41) is 4.16. The normalized spacial score (nSPS) is 24.8. The molecule has 4 rings (SSSR count). The van der Waals surface area contributed by atoms with Crippen LogP contribution in [-0.2, 0) is 33.6 Å². The van der Waals surface area contributed by atoms with E-state index in [1.165, 1.54) is 29.8 Å². The molecule has 0 aromatic carbocycles. The van der Waals surface area contributed by atoms with E-state index in [4.69, 9.17) is 9.72 Å². The lowest BCUT2D eigenvalue weighted by molar-refractivity contribution is -0.153. The van der Waals surface area contributed by atoms with Crippen molar-refractivity contribution in [3.05, 3.63) is 15.6 Å². The number of rotatable bonds is 4. The van der Waals surface area contributed by atoms with Crippen LogP contribution in [0.3, 0.4) is 0 Å². The zero-order chi connectivity index (χ0) is 17.3. The quantitative estimate of drug-likeness (QED) is 0.836. The Morgan fingerprint density at radius 1 is 1.20 bits per heavy atom. The minimum Gasteiger partial charge on any atom is -0.458 e. The standard InChI is InChI=1S/C19H26N2O3S/c22-17-12-13(19(24-17)9-4-1-5-10-19)18(23)20-11-8-16-21-14-6-2-3-7-15(14)25-16/h13H,1-12H2,(H,20,23). The van der Waals surface area contributed by atoms with Crippen molar-refractivity contribution in [1.82, 2.24) is 10.3 Å². The molecule has 2 aliphatic carbocycles. The number of nitrogens with zero attached hydrogens (tertiary/aromatic N) is 1. The summed E-state index contributed by atoms with van der Waals surface area (Å²) in [4.78, 5) is 30.7. The third-order valence-electron chi connectivity index (χ3n) is 5.87. The molecule has 5 nitrogen and oxygen atoms in total. The molecule has 1 saturated heterocycles. The number of esters is 1. The molecule has 1 amide bonds. The number of aromatic nitrogens is 1. The van der Waals surface area contributed by atoms with Crippen LogP contribution in [0.25, 0.3) is 0 Å². The average molecular weight is 362 g/mol. The van der Waals surface area contributed by atoms with Crippen LogP contribution in [0.5, 0.6) is 0 Å². The minimum absolute atomic E-state index is 0.0194. The van der Waals surface area contributed by atoms with Crippen LogP contribution in [-0.4, -0.2) is 29.0 Å².